The Morgan fingerprint density at radius 2 is 2.00 bits per heavy atom. The standard InChI is InChI=1S/C12H17NO3/c1-8(2)15-12(14)9(3)16-11-6-4-5-10(13)7-11/h4-9H,13H2,1-3H3/t9-/m1/s1. The van der Waals surface area contributed by atoms with Gasteiger partial charge in [-0.2, -0.15) is 0 Å². The van der Waals surface area contributed by atoms with E-state index in [1.807, 2.05) is 0 Å². The van der Waals surface area contributed by atoms with Crippen molar-refractivity contribution in [2.24, 2.45) is 0 Å². The van der Waals surface area contributed by atoms with Crippen LogP contribution in [0.15, 0.2) is 24.3 Å². The molecule has 2 N–H and O–H groups in total. The van der Waals surface area contributed by atoms with Crippen LogP contribution < -0.4 is 10.5 Å². The van der Waals surface area contributed by atoms with Crippen LogP contribution in [0.3, 0.4) is 0 Å². The van der Waals surface area contributed by atoms with Crippen LogP contribution >= 0.6 is 0 Å². The summed E-state index contributed by atoms with van der Waals surface area (Å²) in [6.45, 7) is 5.24. The lowest BCUT2D eigenvalue weighted by atomic mass is 10.3. The maximum absolute atomic E-state index is 11.5. The summed E-state index contributed by atoms with van der Waals surface area (Å²) in [5, 5.41) is 0. The van der Waals surface area contributed by atoms with E-state index in [9.17, 15) is 4.79 Å². The van der Waals surface area contributed by atoms with E-state index in [1.165, 1.54) is 0 Å². The highest BCUT2D eigenvalue weighted by Gasteiger charge is 2.17. The maximum atomic E-state index is 11.5. The number of anilines is 1. The maximum Gasteiger partial charge on any atom is 0.347 e. The number of rotatable bonds is 4. The Labute approximate surface area is 95.3 Å². The molecule has 4 nitrogen and oxygen atoms in total. The molecule has 0 aliphatic carbocycles. The predicted molar refractivity (Wildman–Crippen MR) is 62.2 cm³/mol. The van der Waals surface area contributed by atoms with Crippen LogP contribution in [0.5, 0.6) is 5.75 Å². The van der Waals surface area contributed by atoms with E-state index in [0.717, 1.165) is 0 Å². The lowest BCUT2D eigenvalue weighted by molar-refractivity contribution is -0.154. The molecule has 0 spiro atoms. The van der Waals surface area contributed by atoms with Crippen molar-refractivity contribution in [1.29, 1.82) is 0 Å². The van der Waals surface area contributed by atoms with Gasteiger partial charge in [0.15, 0.2) is 6.10 Å². The molecule has 4 heteroatoms. The van der Waals surface area contributed by atoms with Gasteiger partial charge in [-0.25, -0.2) is 4.79 Å². The number of carbonyl (C=O) groups is 1. The third kappa shape index (κ3) is 3.81. The Morgan fingerprint density at radius 3 is 2.56 bits per heavy atom. The summed E-state index contributed by atoms with van der Waals surface area (Å²) in [5.41, 5.74) is 6.19. The number of hydrogen-bond acceptors (Lipinski definition) is 4. The fourth-order valence-corrected chi connectivity index (χ4v) is 1.17. The summed E-state index contributed by atoms with van der Waals surface area (Å²) in [5.74, 6) is 0.186. The molecule has 0 aromatic heterocycles. The van der Waals surface area contributed by atoms with Crippen molar-refractivity contribution in [2.45, 2.75) is 33.0 Å². The number of hydrogen-bond donors (Lipinski definition) is 1. The van der Waals surface area contributed by atoms with Gasteiger partial charge in [0.05, 0.1) is 6.10 Å². The molecule has 1 aromatic carbocycles. The van der Waals surface area contributed by atoms with Crippen LogP contribution in [0.25, 0.3) is 0 Å². The van der Waals surface area contributed by atoms with Gasteiger partial charge in [-0.3, -0.25) is 0 Å². The SMILES string of the molecule is CC(C)OC(=O)[C@@H](C)Oc1cccc(N)c1. The lowest BCUT2D eigenvalue weighted by Gasteiger charge is -2.15. The van der Waals surface area contributed by atoms with Crippen LogP contribution in [0.1, 0.15) is 20.8 Å². The Morgan fingerprint density at radius 1 is 1.31 bits per heavy atom. The van der Waals surface area contributed by atoms with E-state index in [-0.39, 0.29) is 12.1 Å². The second kappa shape index (κ2) is 5.39. The molecule has 0 radical (unpaired) electrons. The van der Waals surface area contributed by atoms with Crippen molar-refractivity contribution >= 4 is 11.7 Å². The molecule has 0 saturated carbocycles. The highest BCUT2D eigenvalue weighted by atomic mass is 16.6. The zero-order valence-electron chi connectivity index (χ0n) is 9.77. The first-order chi connectivity index (χ1) is 7.49. The van der Waals surface area contributed by atoms with E-state index in [1.54, 1.807) is 45.0 Å². The van der Waals surface area contributed by atoms with Gasteiger partial charge in [-0.15, -0.1) is 0 Å². The first-order valence-electron chi connectivity index (χ1n) is 5.21. The first kappa shape index (κ1) is 12.4. The molecule has 0 heterocycles. The monoisotopic (exact) mass is 223 g/mol. The molecule has 1 atom stereocenters. The minimum atomic E-state index is -0.635. The van der Waals surface area contributed by atoms with Crippen molar-refractivity contribution in [1.82, 2.24) is 0 Å². The molecule has 0 amide bonds. The molecule has 0 unspecified atom stereocenters. The van der Waals surface area contributed by atoms with Crippen LogP contribution in [-0.4, -0.2) is 18.2 Å². The summed E-state index contributed by atoms with van der Waals surface area (Å²) in [7, 11) is 0. The van der Waals surface area contributed by atoms with Crippen molar-refractivity contribution in [2.75, 3.05) is 5.73 Å². The Kier molecular flexibility index (Phi) is 4.17. The highest BCUT2D eigenvalue weighted by molar-refractivity contribution is 5.74. The largest absolute Gasteiger partial charge is 0.479 e. The van der Waals surface area contributed by atoms with Gasteiger partial charge >= 0.3 is 5.97 Å². The topological polar surface area (TPSA) is 61.5 Å². The van der Waals surface area contributed by atoms with Gasteiger partial charge in [0.1, 0.15) is 5.75 Å². The number of benzene rings is 1. The minimum Gasteiger partial charge on any atom is -0.479 e. The number of nitrogen functional groups attached to an aromatic ring is 1. The van der Waals surface area contributed by atoms with E-state index < -0.39 is 6.10 Å². The molecule has 0 bridgehead atoms. The van der Waals surface area contributed by atoms with Gasteiger partial charge in [-0.1, -0.05) is 6.07 Å². The number of esters is 1. The fraction of sp³-hybridized carbons (Fsp3) is 0.417. The van der Waals surface area contributed by atoms with Gasteiger partial charge in [0, 0.05) is 11.8 Å². The molecule has 0 fully saturated rings. The van der Waals surface area contributed by atoms with Gasteiger partial charge in [0.2, 0.25) is 0 Å². The summed E-state index contributed by atoms with van der Waals surface area (Å²) >= 11 is 0. The number of nitrogens with two attached hydrogens (primary N) is 1. The van der Waals surface area contributed by atoms with Crippen LogP contribution in [0, 0.1) is 0 Å². The van der Waals surface area contributed by atoms with Crippen molar-refractivity contribution in [3.05, 3.63) is 24.3 Å². The van der Waals surface area contributed by atoms with E-state index >= 15 is 0 Å². The van der Waals surface area contributed by atoms with Crippen molar-refractivity contribution in [3.8, 4) is 5.75 Å². The van der Waals surface area contributed by atoms with Gasteiger partial charge < -0.3 is 15.2 Å². The molecular formula is C12H17NO3. The zero-order chi connectivity index (χ0) is 12.1. The highest BCUT2D eigenvalue weighted by Crippen LogP contribution is 2.16. The van der Waals surface area contributed by atoms with Crippen molar-refractivity contribution in [3.63, 3.8) is 0 Å². The van der Waals surface area contributed by atoms with Crippen LogP contribution in [0.4, 0.5) is 5.69 Å². The second-order valence-corrected chi connectivity index (χ2v) is 3.82. The van der Waals surface area contributed by atoms with Crippen LogP contribution in [0.2, 0.25) is 0 Å². The average molecular weight is 223 g/mol. The summed E-state index contributed by atoms with van der Waals surface area (Å²) in [4.78, 5) is 11.5. The molecule has 0 saturated heterocycles. The zero-order valence-corrected chi connectivity index (χ0v) is 9.77. The molecule has 88 valence electrons. The van der Waals surface area contributed by atoms with Crippen molar-refractivity contribution < 1.29 is 14.3 Å². The molecule has 0 aliphatic rings. The normalized spacial score (nSPS) is 12.2. The third-order valence-electron chi connectivity index (χ3n) is 1.85. The Hall–Kier alpha value is -1.71. The van der Waals surface area contributed by atoms with Gasteiger partial charge in [-0.05, 0) is 32.9 Å². The summed E-state index contributed by atoms with van der Waals surface area (Å²) in [6.07, 6.45) is -0.774. The Bertz CT molecular complexity index is 363. The van der Waals surface area contributed by atoms with Gasteiger partial charge in [0.25, 0.3) is 0 Å². The lowest BCUT2D eigenvalue weighted by Crippen LogP contribution is -2.28. The third-order valence-corrected chi connectivity index (χ3v) is 1.85. The molecule has 1 aromatic rings. The summed E-state index contributed by atoms with van der Waals surface area (Å²) < 4.78 is 10.4. The van der Waals surface area contributed by atoms with Crippen LogP contribution in [-0.2, 0) is 9.53 Å². The molecular weight excluding hydrogens is 206 g/mol. The quantitative estimate of drug-likeness (QED) is 0.626. The first-order valence-corrected chi connectivity index (χ1v) is 5.21. The fourth-order valence-electron chi connectivity index (χ4n) is 1.17. The predicted octanol–water partition coefficient (Wildman–Crippen LogP) is 1.99. The second-order valence-electron chi connectivity index (χ2n) is 3.82. The molecule has 0 aliphatic heterocycles. The minimum absolute atomic E-state index is 0.139. The number of ether oxygens (including phenoxy) is 2. The van der Waals surface area contributed by atoms with E-state index in [4.69, 9.17) is 15.2 Å². The molecule has 16 heavy (non-hydrogen) atoms. The summed E-state index contributed by atoms with van der Waals surface area (Å²) in [6, 6.07) is 6.93. The number of carbonyl (C=O) groups excluding carboxylic acids is 1. The average Bonchev–Trinajstić information content (AvgIpc) is 2.16. The smallest absolute Gasteiger partial charge is 0.347 e. The molecule has 1 rings (SSSR count). The van der Waals surface area contributed by atoms with E-state index in [0.29, 0.717) is 11.4 Å². The van der Waals surface area contributed by atoms with E-state index in [2.05, 4.69) is 0 Å². The Balaban J connectivity index is 2.57.